The Morgan fingerprint density at radius 2 is 1.85 bits per heavy atom. The van der Waals surface area contributed by atoms with Crippen molar-refractivity contribution in [3.8, 4) is 0 Å². The Hall–Kier alpha value is -2.68. The van der Waals surface area contributed by atoms with E-state index >= 15 is 0 Å². The zero-order valence-electron chi connectivity index (χ0n) is 16.7. The lowest BCUT2D eigenvalue weighted by Crippen LogP contribution is -2.19. The molecule has 142 valence electrons. The number of aliphatic carboxylic acids is 1. The summed E-state index contributed by atoms with van der Waals surface area (Å²) >= 11 is 0. The van der Waals surface area contributed by atoms with Gasteiger partial charge in [-0.1, -0.05) is 49.8 Å². The maximum absolute atomic E-state index is 10.6. The van der Waals surface area contributed by atoms with Gasteiger partial charge in [-0.25, -0.2) is 4.79 Å². The van der Waals surface area contributed by atoms with Crippen LogP contribution in [0.3, 0.4) is 0 Å². The minimum absolute atomic E-state index is 0.143. The number of pyridine rings is 1. The quantitative estimate of drug-likeness (QED) is 0.488. The largest absolute Gasteiger partial charge is 0.478 e. The molecule has 1 heterocycles. The fraction of sp³-hybridized carbons (Fsp3) is 0.333. The van der Waals surface area contributed by atoms with Crippen LogP contribution in [0.2, 0.25) is 0 Å². The van der Waals surface area contributed by atoms with E-state index in [1.807, 2.05) is 24.5 Å². The molecule has 3 nitrogen and oxygen atoms in total. The Morgan fingerprint density at radius 1 is 1.15 bits per heavy atom. The molecule has 0 saturated carbocycles. The molecule has 0 radical (unpaired) electrons. The molecule has 1 aromatic rings. The van der Waals surface area contributed by atoms with Crippen LogP contribution in [0.4, 0.5) is 0 Å². The van der Waals surface area contributed by atoms with E-state index in [0.717, 1.165) is 12.0 Å². The summed E-state index contributed by atoms with van der Waals surface area (Å²) in [7, 11) is 0. The second-order valence-electron chi connectivity index (χ2n) is 7.70. The monoisotopic (exact) mass is 363 g/mol. The Labute approximate surface area is 162 Å². The number of carboxylic acid groups (broad SMARTS) is 1. The molecule has 0 aromatic carbocycles. The molecule has 0 bridgehead atoms. The summed E-state index contributed by atoms with van der Waals surface area (Å²) in [6, 6.07) is 4.18. The van der Waals surface area contributed by atoms with E-state index in [0.29, 0.717) is 5.57 Å². The van der Waals surface area contributed by atoms with Gasteiger partial charge < -0.3 is 5.11 Å². The normalized spacial score (nSPS) is 18.5. The average Bonchev–Trinajstić information content (AvgIpc) is 2.60. The van der Waals surface area contributed by atoms with Gasteiger partial charge in [-0.05, 0) is 72.9 Å². The lowest BCUT2D eigenvalue weighted by molar-refractivity contribution is -0.131. The number of hydrogen-bond donors (Lipinski definition) is 1. The molecule has 0 spiro atoms. The summed E-state index contributed by atoms with van der Waals surface area (Å²) in [5, 5.41) is 8.74. The molecule has 0 atom stereocenters. The van der Waals surface area contributed by atoms with Crippen LogP contribution < -0.4 is 0 Å². The van der Waals surface area contributed by atoms with Crippen molar-refractivity contribution < 1.29 is 9.90 Å². The highest BCUT2D eigenvalue weighted by Gasteiger charge is 2.28. The number of rotatable bonds is 6. The van der Waals surface area contributed by atoms with Gasteiger partial charge in [-0.15, -0.1) is 0 Å². The van der Waals surface area contributed by atoms with Gasteiger partial charge in [0.2, 0.25) is 0 Å². The molecule has 1 aromatic heterocycles. The zero-order chi connectivity index (χ0) is 19.9. The van der Waals surface area contributed by atoms with Crippen molar-refractivity contribution in [2.75, 3.05) is 0 Å². The second-order valence-corrected chi connectivity index (χ2v) is 7.70. The van der Waals surface area contributed by atoms with Gasteiger partial charge in [-0.3, -0.25) is 4.98 Å². The van der Waals surface area contributed by atoms with Crippen LogP contribution in [0.25, 0.3) is 5.57 Å². The smallest absolute Gasteiger partial charge is 0.328 e. The van der Waals surface area contributed by atoms with Crippen LogP contribution in [0, 0.1) is 5.41 Å². The van der Waals surface area contributed by atoms with Crippen molar-refractivity contribution in [1.82, 2.24) is 4.98 Å². The van der Waals surface area contributed by atoms with Gasteiger partial charge in [0, 0.05) is 18.5 Å². The summed E-state index contributed by atoms with van der Waals surface area (Å²) in [6.45, 7) is 8.46. The van der Waals surface area contributed by atoms with Gasteiger partial charge in [0.15, 0.2) is 0 Å². The Morgan fingerprint density at radius 3 is 2.52 bits per heavy atom. The van der Waals surface area contributed by atoms with E-state index in [1.165, 1.54) is 35.6 Å². The van der Waals surface area contributed by atoms with E-state index in [-0.39, 0.29) is 5.41 Å². The summed E-state index contributed by atoms with van der Waals surface area (Å²) in [4.78, 5) is 14.8. The van der Waals surface area contributed by atoms with Crippen molar-refractivity contribution in [2.24, 2.45) is 5.41 Å². The summed E-state index contributed by atoms with van der Waals surface area (Å²) in [5.41, 5.74) is 6.04. The van der Waals surface area contributed by atoms with Crippen molar-refractivity contribution in [3.05, 3.63) is 83.3 Å². The maximum Gasteiger partial charge on any atom is 0.328 e. The Balaban J connectivity index is 2.27. The lowest BCUT2D eigenvalue weighted by Gasteiger charge is -2.34. The van der Waals surface area contributed by atoms with Crippen molar-refractivity contribution in [3.63, 3.8) is 0 Å². The maximum atomic E-state index is 10.6. The van der Waals surface area contributed by atoms with Gasteiger partial charge >= 0.3 is 5.97 Å². The van der Waals surface area contributed by atoms with E-state index in [1.54, 1.807) is 13.0 Å². The molecule has 0 amide bonds. The third-order valence-corrected chi connectivity index (χ3v) is 4.89. The number of carbonyl (C=O) groups is 1. The van der Waals surface area contributed by atoms with E-state index in [2.05, 4.69) is 50.0 Å². The molecule has 27 heavy (non-hydrogen) atoms. The zero-order valence-corrected chi connectivity index (χ0v) is 16.7. The molecule has 3 heteroatoms. The van der Waals surface area contributed by atoms with Crippen molar-refractivity contribution >= 4 is 11.5 Å². The highest BCUT2D eigenvalue weighted by molar-refractivity contribution is 5.81. The molecule has 2 rings (SSSR count). The predicted molar refractivity (Wildman–Crippen MR) is 112 cm³/mol. The molecular formula is C24H29NO2. The van der Waals surface area contributed by atoms with E-state index < -0.39 is 5.97 Å². The number of nitrogens with zero attached hydrogens (tertiary/aromatic N) is 1. The first-order valence-electron chi connectivity index (χ1n) is 9.38. The minimum atomic E-state index is -0.923. The van der Waals surface area contributed by atoms with Gasteiger partial charge in [0.1, 0.15) is 0 Å². The summed E-state index contributed by atoms with van der Waals surface area (Å²) < 4.78 is 0. The number of carboxylic acids is 1. The van der Waals surface area contributed by atoms with E-state index in [4.69, 9.17) is 5.11 Å². The standard InChI is InChI=1S/C24H29NO2/c1-18(7-5-8-19(2)17-23(26)27)10-11-22-21(9-6-14-24(22,3)4)20-12-15-25-16-13-20/h5,7-8,10-13,15-17H,6,9,14H2,1-4H3,(H,26,27)/b8-5+,11-10+,18-7+,19-17+. The fourth-order valence-electron chi connectivity index (χ4n) is 3.43. The van der Waals surface area contributed by atoms with Gasteiger partial charge in [0.05, 0.1) is 0 Å². The minimum Gasteiger partial charge on any atom is -0.478 e. The van der Waals surface area contributed by atoms with Crippen LogP contribution in [-0.4, -0.2) is 16.1 Å². The topological polar surface area (TPSA) is 50.2 Å². The molecule has 0 saturated heterocycles. The molecule has 1 aliphatic carbocycles. The average molecular weight is 364 g/mol. The fourth-order valence-corrected chi connectivity index (χ4v) is 3.43. The van der Waals surface area contributed by atoms with Crippen molar-refractivity contribution in [1.29, 1.82) is 0 Å². The van der Waals surface area contributed by atoms with Crippen LogP contribution in [0.5, 0.6) is 0 Å². The van der Waals surface area contributed by atoms with Crippen LogP contribution in [0.15, 0.2) is 77.7 Å². The third-order valence-electron chi connectivity index (χ3n) is 4.89. The first-order chi connectivity index (χ1) is 12.8. The predicted octanol–water partition coefficient (Wildman–Crippen LogP) is 6.13. The first-order valence-corrected chi connectivity index (χ1v) is 9.38. The highest BCUT2D eigenvalue weighted by atomic mass is 16.4. The number of hydrogen-bond acceptors (Lipinski definition) is 2. The number of aromatic nitrogens is 1. The molecular weight excluding hydrogens is 334 g/mol. The second kappa shape index (κ2) is 9.31. The first kappa shape index (κ1) is 20.6. The summed E-state index contributed by atoms with van der Waals surface area (Å²) in [5.74, 6) is -0.923. The molecule has 0 unspecified atom stereocenters. The summed E-state index contributed by atoms with van der Waals surface area (Å²) in [6.07, 6.45) is 18.5. The van der Waals surface area contributed by atoms with E-state index in [9.17, 15) is 4.79 Å². The number of allylic oxidation sites excluding steroid dienone is 9. The van der Waals surface area contributed by atoms with Crippen LogP contribution in [0.1, 0.15) is 52.5 Å². The van der Waals surface area contributed by atoms with Crippen LogP contribution >= 0.6 is 0 Å². The molecule has 0 aliphatic heterocycles. The van der Waals surface area contributed by atoms with Gasteiger partial charge in [-0.2, -0.15) is 0 Å². The Bertz CT molecular complexity index is 821. The highest BCUT2D eigenvalue weighted by Crippen LogP contribution is 2.44. The lowest BCUT2D eigenvalue weighted by atomic mass is 9.71. The molecule has 0 fully saturated rings. The Kier molecular flexibility index (Phi) is 7.12. The SMILES string of the molecule is CC(/C=C/C1=C(c2ccncc2)CCCC1(C)C)=C\C=C\C(C)=C\C(=O)O. The molecule has 1 N–H and O–H groups in total. The third kappa shape index (κ3) is 6.21. The van der Waals surface area contributed by atoms with Crippen molar-refractivity contribution in [2.45, 2.75) is 47.0 Å². The van der Waals surface area contributed by atoms with Crippen LogP contribution in [-0.2, 0) is 4.79 Å². The molecule has 1 aliphatic rings. The van der Waals surface area contributed by atoms with Gasteiger partial charge in [0.25, 0.3) is 0 Å².